The zero-order valence-corrected chi connectivity index (χ0v) is 20.2. The molecule has 2 unspecified atom stereocenters. The van der Waals surface area contributed by atoms with Crippen LogP contribution in [-0.4, -0.2) is 55.5 Å². The molecule has 4 aromatic rings. The highest BCUT2D eigenvalue weighted by molar-refractivity contribution is 6.02. The summed E-state index contributed by atoms with van der Waals surface area (Å²) in [7, 11) is 1.67. The highest BCUT2D eigenvalue weighted by Gasteiger charge is 2.44. The number of nitrogens with zero attached hydrogens (tertiary/aromatic N) is 6. The third-order valence-electron chi connectivity index (χ3n) is 7.34. The highest BCUT2D eigenvalue weighted by Crippen LogP contribution is 2.44. The maximum atomic E-state index is 15.1. The van der Waals surface area contributed by atoms with Crippen molar-refractivity contribution in [1.82, 2.24) is 29.2 Å². The van der Waals surface area contributed by atoms with Crippen LogP contribution in [0.5, 0.6) is 5.88 Å². The average Bonchev–Trinajstić information content (AvgIpc) is 3.36. The third-order valence-corrected chi connectivity index (χ3v) is 7.34. The Hall–Kier alpha value is -3.33. The quantitative estimate of drug-likeness (QED) is 0.378. The van der Waals surface area contributed by atoms with Gasteiger partial charge in [0.25, 0.3) is 0 Å². The van der Waals surface area contributed by atoms with E-state index in [9.17, 15) is 4.79 Å². The summed E-state index contributed by atoms with van der Waals surface area (Å²) in [6.07, 6.45) is 4.01. The van der Waals surface area contributed by atoms with Gasteiger partial charge in [0.15, 0.2) is 5.65 Å². The van der Waals surface area contributed by atoms with Crippen LogP contribution in [0.25, 0.3) is 33.2 Å². The molecule has 182 valence electrons. The van der Waals surface area contributed by atoms with E-state index in [0.717, 1.165) is 24.8 Å². The molecule has 3 aromatic heterocycles. The fraction of sp³-hybridized carbons (Fsp3) is 0.462. The fourth-order valence-corrected chi connectivity index (χ4v) is 5.38. The number of aromatic nitrogens is 5. The van der Waals surface area contributed by atoms with E-state index < -0.39 is 5.82 Å². The van der Waals surface area contributed by atoms with E-state index in [2.05, 4.69) is 20.1 Å². The fourth-order valence-electron chi connectivity index (χ4n) is 5.38. The van der Waals surface area contributed by atoms with E-state index in [-0.39, 0.29) is 11.7 Å². The number of benzene rings is 1. The molecule has 0 N–H and O–H groups in total. The van der Waals surface area contributed by atoms with Crippen LogP contribution in [0.2, 0.25) is 0 Å². The lowest BCUT2D eigenvalue weighted by Crippen LogP contribution is -2.25. The van der Waals surface area contributed by atoms with Gasteiger partial charge in [-0.2, -0.15) is 0 Å². The van der Waals surface area contributed by atoms with Crippen LogP contribution in [0.3, 0.4) is 0 Å². The molecule has 2 fully saturated rings. The van der Waals surface area contributed by atoms with Crippen molar-refractivity contribution in [3.8, 4) is 17.0 Å². The Bertz CT molecular complexity index is 1470. The standard InChI is InChI=1S/C26H29FN6O2/c1-15(2)33-24-20-10-19(21(27)11-22(20)29-30-25(24)31(3)26(33)34)16-5-6-23(28-12-16)35-8-4-7-32-13-17-9-18(17)14-32/h5-6,10-12,15,17-18H,4,7-9,13-14H2,1-3H3. The van der Waals surface area contributed by atoms with E-state index in [0.29, 0.717) is 45.7 Å². The molecule has 2 aliphatic rings. The van der Waals surface area contributed by atoms with Gasteiger partial charge < -0.3 is 9.64 Å². The van der Waals surface area contributed by atoms with Crippen molar-refractivity contribution >= 4 is 22.1 Å². The molecule has 2 atom stereocenters. The lowest BCUT2D eigenvalue weighted by molar-refractivity contribution is 0.245. The molecule has 1 aromatic carbocycles. The maximum absolute atomic E-state index is 15.1. The molecule has 4 heterocycles. The van der Waals surface area contributed by atoms with Crippen LogP contribution in [0.1, 0.15) is 32.7 Å². The van der Waals surface area contributed by atoms with E-state index >= 15 is 4.39 Å². The van der Waals surface area contributed by atoms with Crippen LogP contribution in [0.4, 0.5) is 4.39 Å². The molecule has 35 heavy (non-hydrogen) atoms. The molecule has 0 bridgehead atoms. The summed E-state index contributed by atoms with van der Waals surface area (Å²) in [5.41, 5.74) is 2.38. The van der Waals surface area contributed by atoms with E-state index in [1.54, 1.807) is 29.9 Å². The smallest absolute Gasteiger partial charge is 0.330 e. The monoisotopic (exact) mass is 476 g/mol. The molecule has 1 aliphatic carbocycles. The van der Waals surface area contributed by atoms with Gasteiger partial charge in [-0.25, -0.2) is 14.2 Å². The minimum absolute atomic E-state index is 0.0821. The van der Waals surface area contributed by atoms with Gasteiger partial charge >= 0.3 is 5.69 Å². The van der Waals surface area contributed by atoms with Crippen molar-refractivity contribution in [3.05, 3.63) is 46.8 Å². The molecule has 0 radical (unpaired) electrons. The molecular formula is C26H29FN6O2. The lowest BCUT2D eigenvalue weighted by Gasteiger charge is -2.16. The molecule has 0 spiro atoms. The molecule has 1 saturated heterocycles. The summed E-state index contributed by atoms with van der Waals surface area (Å²) in [4.78, 5) is 19.7. The van der Waals surface area contributed by atoms with Crippen molar-refractivity contribution < 1.29 is 9.13 Å². The number of fused-ring (bicyclic) bond motifs is 4. The second-order valence-corrected chi connectivity index (χ2v) is 10.1. The third kappa shape index (κ3) is 3.87. The van der Waals surface area contributed by atoms with Crippen molar-refractivity contribution in [2.24, 2.45) is 18.9 Å². The number of ether oxygens (including phenoxy) is 1. The molecule has 0 amide bonds. The first-order valence-electron chi connectivity index (χ1n) is 12.3. The average molecular weight is 477 g/mol. The number of pyridine rings is 1. The Morgan fingerprint density at radius 2 is 1.97 bits per heavy atom. The topological polar surface area (TPSA) is 78.1 Å². The summed E-state index contributed by atoms with van der Waals surface area (Å²) in [6.45, 7) is 8.03. The number of likely N-dealkylation sites (tertiary alicyclic amines) is 1. The Morgan fingerprint density at radius 1 is 1.17 bits per heavy atom. The van der Waals surface area contributed by atoms with Gasteiger partial charge in [0.2, 0.25) is 5.88 Å². The van der Waals surface area contributed by atoms with Gasteiger partial charge in [-0.3, -0.25) is 9.13 Å². The number of imidazole rings is 1. The van der Waals surface area contributed by atoms with Gasteiger partial charge in [-0.05, 0) is 50.7 Å². The lowest BCUT2D eigenvalue weighted by atomic mass is 10.0. The minimum atomic E-state index is -0.417. The van der Waals surface area contributed by atoms with Gasteiger partial charge in [0.05, 0.1) is 12.1 Å². The normalized spacial score (nSPS) is 19.7. The molecule has 8 nitrogen and oxygen atoms in total. The van der Waals surface area contributed by atoms with Crippen molar-refractivity contribution in [2.45, 2.75) is 32.7 Å². The van der Waals surface area contributed by atoms with Crippen LogP contribution in [-0.2, 0) is 7.05 Å². The summed E-state index contributed by atoms with van der Waals surface area (Å²) in [6, 6.07) is 6.61. The maximum Gasteiger partial charge on any atom is 0.330 e. The van der Waals surface area contributed by atoms with Crippen LogP contribution in [0, 0.1) is 17.7 Å². The van der Waals surface area contributed by atoms with Gasteiger partial charge in [-0.15, -0.1) is 10.2 Å². The Kier molecular flexibility index (Phi) is 5.32. The predicted molar refractivity (Wildman–Crippen MR) is 132 cm³/mol. The van der Waals surface area contributed by atoms with Crippen LogP contribution < -0.4 is 10.4 Å². The van der Waals surface area contributed by atoms with Crippen LogP contribution in [0.15, 0.2) is 35.3 Å². The second kappa shape index (κ2) is 8.41. The summed E-state index contributed by atoms with van der Waals surface area (Å²) >= 11 is 0. The predicted octanol–water partition coefficient (Wildman–Crippen LogP) is 3.79. The SMILES string of the molecule is CC(C)n1c(=O)n(C)c2nnc3cc(F)c(-c4ccc(OCCCN5CC6CC6C5)nc4)cc3c21. The number of hydrogen-bond donors (Lipinski definition) is 0. The summed E-state index contributed by atoms with van der Waals surface area (Å²) < 4.78 is 24.0. The Morgan fingerprint density at radius 3 is 2.69 bits per heavy atom. The Balaban J connectivity index is 1.25. The van der Waals surface area contributed by atoms with Gasteiger partial charge in [0, 0.05) is 67.6 Å². The first-order valence-corrected chi connectivity index (χ1v) is 12.3. The first kappa shape index (κ1) is 22.2. The molecule has 9 heteroatoms. The number of aryl methyl sites for hydroxylation is 1. The minimum Gasteiger partial charge on any atom is -0.478 e. The van der Waals surface area contributed by atoms with E-state index in [1.165, 1.54) is 30.1 Å². The number of halogens is 1. The summed E-state index contributed by atoms with van der Waals surface area (Å²) in [5.74, 6) is 2.01. The largest absolute Gasteiger partial charge is 0.478 e. The van der Waals surface area contributed by atoms with Crippen molar-refractivity contribution in [1.29, 1.82) is 0 Å². The molecule has 1 aliphatic heterocycles. The van der Waals surface area contributed by atoms with E-state index in [1.807, 2.05) is 19.9 Å². The molecule has 1 saturated carbocycles. The van der Waals surface area contributed by atoms with Crippen molar-refractivity contribution in [3.63, 3.8) is 0 Å². The Labute approximate surface area is 202 Å². The highest BCUT2D eigenvalue weighted by atomic mass is 19.1. The van der Waals surface area contributed by atoms with Crippen molar-refractivity contribution in [2.75, 3.05) is 26.2 Å². The summed E-state index contributed by atoms with van der Waals surface area (Å²) in [5, 5.41) is 9.03. The zero-order chi connectivity index (χ0) is 24.3. The van der Waals surface area contributed by atoms with Gasteiger partial charge in [-0.1, -0.05) is 0 Å². The van der Waals surface area contributed by atoms with E-state index in [4.69, 9.17) is 4.74 Å². The zero-order valence-electron chi connectivity index (χ0n) is 20.2. The number of hydrogen-bond acceptors (Lipinski definition) is 6. The van der Waals surface area contributed by atoms with Crippen LogP contribution >= 0.6 is 0 Å². The molecular weight excluding hydrogens is 447 g/mol. The number of rotatable bonds is 7. The first-order chi connectivity index (χ1) is 16.9. The molecule has 6 rings (SSSR count). The van der Waals surface area contributed by atoms with Gasteiger partial charge in [0.1, 0.15) is 11.3 Å². The number of piperidine rings is 1. The second-order valence-electron chi connectivity index (χ2n) is 10.1.